The summed E-state index contributed by atoms with van der Waals surface area (Å²) in [4.78, 5) is 24.4. The van der Waals surface area contributed by atoms with E-state index in [9.17, 15) is 9.59 Å². The van der Waals surface area contributed by atoms with Gasteiger partial charge < -0.3 is 14.8 Å². The Morgan fingerprint density at radius 1 is 1.44 bits per heavy atom. The van der Waals surface area contributed by atoms with Gasteiger partial charge in [0.25, 0.3) is 0 Å². The van der Waals surface area contributed by atoms with Gasteiger partial charge in [0.1, 0.15) is 0 Å². The Balaban J connectivity index is 2.12. The van der Waals surface area contributed by atoms with Crippen LogP contribution in [0.15, 0.2) is 0 Å². The molecular formula is C12H22N2O4. The summed E-state index contributed by atoms with van der Waals surface area (Å²) in [5.41, 5.74) is 0. The van der Waals surface area contributed by atoms with Crippen LogP contribution in [-0.2, 0) is 19.1 Å². The highest BCUT2D eigenvalue weighted by atomic mass is 16.5. The molecule has 1 aliphatic heterocycles. The van der Waals surface area contributed by atoms with E-state index in [1.54, 1.807) is 18.9 Å². The molecule has 0 spiro atoms. The molecule has 0 saturated carbocycles. The Morgan fingerprint density at radius 3 is 2.83 bits per heavy atom. The van der Waals surface area contributed by atoms with Crippen molar-refractivity contribution < 1.29 is 19.1 Å². The molecule has 1 amide bonds. The highest BCUT2D eigenvalue weighted by Gasteiger charge is 2.17. The monoisotopic (exact) mass is 258 g/mol. The predicted octanol–water partition coefficient (Wildman–Crippen LogP) is -0.223. The van der Waals surface area contributed by atoms with E-state index in [4.69, 9.17) is 9.47 Å². The lowest BCUT2D eigenvalue weighted by Gasteiger charge is -2.16. The lowest BCUT2D eigenvalue weighted by molar-refractivity contribution is -0.144. The van der Waals surface area contributed by atoms with Gasteiger partial charge in [0.05, 0.1) is 25.8 Å². The van der Waals surface area contributed by atoms with Crippen LogP contribution in [0.3, 0.4) is 0 Å². The van der Waals surface area contributed by atoms with Crippen molar-refractivity contribution in [3.8, 4) is 0 Å². The zero-order valence-corrected chi connectivity index (χ0v) is 11.1. The number of ether oxygens (including phenoxy) is 2. The van der Waals surface area contributed by atoms with Crippen LogP contribution < -0.4 is 5.32 Å². The quantitative estimate of drug-likeness (QED) is 0.639. The third-order valence-electron chi connectivity index (χ3n) is 2.67. The average Bonchev–Trinajstić information content (AvgIpc) is 2.79. The topological polar surface area (TPSA) is 67.9 Å². The second-order valence-electron chi connectivity index (χ2n) is 4.42. The minimum absolute atomic E-state index is 0.0997. The highest BCUT2D eigenvalue weighted by molar-refractivity contribution is 5.79. The van der Waals surface area contributed by atoms with Crippen molar-refractivity contribution in [1.82, 2.24) is 10.2 Å². The minimum Gasteiger partial charge on any atom is -0.465 e. The predicted molar refractivity (Wildman–Crippen MR) is 66.1 cm³/mol. The van der Waals surface area contributed by atoms with Crippen molar-refractivity contribution in [3.63, 3.8) is 0 Å². The summed E-state index contributed by atoms with van der Waals surface area (Å²) in [7, 11) is 1.71. The summed E-state index contributed by atoms with van der Waals surface area (Å²) in [6.07, 6.45) is 2.20. The normalized spacial score (nSPS) is 18.9. The summed E-state index contributed by atoms with van der Waals surface area (Å²) in [5.74, 6) is -0.413. The molecular weight excluding hydrogens is 236 g/mol. The summed E-state index contributed by atoms with van der Waals surface area (Å²) < 4.78 is 10.2. The van der Waals surface area contributed by atoms with Crippen LogP contribution in [0, 0.1) is 0 Å². The fourth-order valence-corrected chi connectivity index (χ4v) is 1.82. The molecule has 1 heterocycles. The van der Waals surface area contributed by atoms with Crippen LogP contribution in [0.5, 0.6) is 0 Å². The number of nitrogens with zero attached hydrogens (tertiary/aromatic N) is 1. The molecule has 6 heteroatoms. The molecule has 1 atom stereocenters. The van der Waals surface area contributed by atoms with Gasteiger partial charge in [-0.2, -0.15) is 0 Å². The fourth-order valence-electron chi connectivity index (χ4n) is 1.82. The van der Waals surface area contributed by atoms with E-state index >= 15 is 0 Å². The first-order valence-electron chi connectivity index (χ1n) is 6.34. The first-order valence-corrected chi connectivity index (χ1v) is 6.34. The molecule has 1 N–H and O–H groups in total. The lowest BCUT2D eigenvalue weighted by atomic mass is 10.2. The number of amides is 1. The summed E-state index contributed by atoms with van der Waals surface area (Å²) in [6, 6.07) is 0. The largest absolute Gasteiger partial charge is 0.465 e. The second-order valence-corrected chi connectivity index (χ2v) is 4.42. The van der Waals surface area contributed by atoms with Crippen LogP contribution in [0.4, 0.5) is 0 Å². The van der Waals surface area contributed by atoms with Gasteiger partial charge in [-0.1, -0.05) is 0 Å². The minimum atomic E-state index is -0.313. The van der Waals surface area contributed by atoms with Gasteiger partial charge in [-0.15, -0.1) is 0 Å². The maximum atomic E-state index is 11.6. The van der Waals surface area contributed by atoms with Crippen molar-refractivity contribution in [2.24, 2.45) is 0 Å². The van der Waals surface area contributed by atoms with Crippen LogP contribution in [0.2, 0.25) is 0 Å². The van der Waals surface area contributed by atoms with Crippen molar-refractivity contribution in [2.45, 2.75) is 25.9 Å². The highest BCUT2D eigenvalue weighted by Crippen LogP contribution is 2.10. The van der Waals surface area contributed by atoms with Crippen molar-refractivity contribution in [3.05, 3.63) is 0 Å². The molecule has 6 nitrogen and oxygen atoms in total. The van der Waals surface area contributed by atoms with E-state index in [-0.39, 0.29) is 31.1 Å². The van der Waals surface area contributed by atoms with E-state index in [1.807, 2.05) is 0 Å². The summed E-state index contributed by atoms with van der Waals surface area (Å²) in [5, 5.41) is 2.80. The summed E-state index contributed by atoms with van der Waals surface area (Å²) in [6.45, 7) is 3.76. The van der Waals surface area contributed by atoms with Crippen LogP contribution >= 0.6 is 0 Å². The first kappa shape index (κ1) is 14.9. The zero-order valence-electron chi connectivity index (χ0n) is 11.1. The van der Waals surface area contributed by atoms with Crippen molar-refractivity contribution in [2.75, 3.05) is 39.9 Å². The molecule has 104 valence electrons. The van der Waals surface area contributed by atoms with Crippen molar-refractivity contribution in [1.29, 1.82) is 0 Å². The number of rotatable bonds is 7. The number of esters is 1. The average molecular weight is 258 g/mol. The van der Waals surface area contributed by atoms with E-state index in [1.165, 1.54) is 0 Å². The lowest BCUT2D eigenvalue weighted by Crippen LogP contribution is -2.40. The number of likely N-dealkylation sites (N-methyl/N-ethyl adjacent to an activating group) is 1. The van der Waals surface area contributed by atoms with Gasteiger partial charge >= 0.3 is 5.97 Å². The molecule has 1 fully saturated rings. The number of carbonyl (C=O) groups excluding carboxylic acids is 2. The van der Waals surface area contributed by atoms with E-state index in [0.717, 1.165) is 19.4 Å². The first-order chi connectivity index (χ1) is 8.61. The zero-order chi connectivity index (χ0) is 13.4. The van der Waals surface area contributed by atoms with Crippen molar-refractivity contribution >= 4 is 11.9 Å². The third-order valence-corrected chi connectivity index (χ3v) is 2.67. The Bertz CT molecular complexity index is 277. The fraction of sp³-hybridized carbons (Fsp3) is 0.833. The molecule has 0 aromatic carbocycles. The third kappa shape index (κ3) is 5.97. The molecule has 0 aromatic heterocycles. The number of nitrogens with one attached hydrogen (secondary N) is 1. The standard InChI is InChI=1S/C12H22N2O4/c1-3-17-12(16)9-14(2)8-11(15)13-7-10-5-4-6-18-10/h10H,3-9H2,1-2H3,(H,13,15). The molecule has 0 bridgehead atoms. The Morgan fingerprint density at radius 2 is 2.22 bits per heavy atom. The van der Waals surface area contributed by atoms with E-state index < -0.39 is 0 Å². The van der Waals surface area contributed by atoms with Gasteiger partial charge in [-0.3, -0.25) is 14.5 Å². The number of carbonyl (C=O) groups is 2. The molecule has 0 aliphatic carbocycles. The molecule has 1 saturated heterocycles. The number of hydrogen-bond acceptors (Lipinski definition) is 5. The molecule has 0 radical (unpaired) electrons. The molecule has 1 rings (SSSR count). The van der Waals surface area contributed by atoms with Crippen LogP contribution in [-0.4, -0.2) is 62.8 Å². The molecule has 1 unspecified atom stereocenters. The van der Waals surface area contributed by atoms with E-state index in [0.29, 0.717) is 13.2 Å². The van der Waals surface area contributed by atoms with Crippen LogP contribution in [0.1, 0.15) is 19.8 Å². The number of hydrogen-bond donors (Lipinski definition) is 1. The molecule has 1 aliphatic rings. The van der Waals surface area contributed by atoms with Gasteiger partial charge in [-0.05, 0) is 26.8 Å². The Hall–Kier alpha value is -1.14. The Kier molecular flexibility index (Phi) is 6.67. The van der Waals surface area contributed by atoms with Gasteiger partial charge in [-0.25, -0.2) is 0 Å². The Labute approximate surface area is 108 Å². The SMILES string of the molecule is CCOC(=O)CN(C)CC(=O)NCC1CCCO1. The second kappa shape index (κ2) is 8.05. The summed E-state index contributed by atoms with van der Waals surface area (Å²) >= 11 is 0. The van der Waals surface area contributed by atoms with Gasteiger partial charge in [0.15, 0.2) is 0 Å². The maximum absolute atomic E-state index is 11.6. The van der Waals surface area contributed by atoms with Gasteiger partial charge in [0, 0.05) is 13.2 Å². The molecule has 18 heavy (non-hydrogen) atoms. The molecule has 0 aromatic rings. The van der Waals surface area contributed by atoms with E-state index in [2.05, 4.69) is 5.32 Å². The van der Waals surface area contributed by atoms with Gasteiger partial charge in [0.2, 0.25) is 5.91 Å². The smallest absolute Gasteiger partial charge is 0.320 e. The van der Waals surface area contributed by atoms with Crippen LogP contribution in [0.25, 0.3) is 0 Å². The maximum Gasteiger partial charge on any atom is 0.320 e.